The Bertz CT molecular complexity index is 894. The summed E-state index contributed by atoms with van der Waals surface area (Å²) in [6.45, 7) is 3.82. The molecule has 0 bridgehead atoms. The van der Waals surface area contributed by atoms with Crippen molar-refractivity contribution in [1.29, 1.82) is 0 Å². The summed E-state index contributed by atoms with van der Waals surface area (Å²) in [4.78, 5) is 29.6. The average molecular weight is 457 g/mol. The molecule has 0 saturated carbocycles. The number of hydrogen-bond donors (Lipinski definition) is 1. The highest BCUT2D eigenvalue weighted by molar-refractivity contribution is 5.95. The van der Waals surface area contributed by atoms with Gasteiger partial charge < -0.3 is 23.9 Å². The summed E-state index contributed by atoms with van der Waals surface area (Å²) < 4.78 is 48.7. The van der Waals surface area contributed by atoms with Gasteiger partial charge in [-0.3, -0.25) is 14.7 Å². The van der Waals surface area contributed by atoms with E-state index in [1.54, 1.807) is 29.7 Å². The highest BCUT2D eigenvalue weighted by Gasteiger charge is 2.43. The Morgan fingerprint density at radius 1 is 1.25 bits per heavy atom. The smallest absolute Gasteiger partial charge is 0.475 e. The summed E-state index contributed by atoms with van der Waals surface area (Å²) in [5, 5.41) is 7.12. The molecule has 9 nitrogen and oxygen atoms in total. The van der Waals surface area contributed by atoms with Crippen molar-refractivity contribution in [2.45, 2.75) is 18.3 Å². The van der Waals surface area contributed by atoms with Crippen LogP contribution < -0.4 is 4.90 Å². The van der Waals surface area contributed by atoms with Gasteiger partial charge in [-0.25, -0.2) is 4.79 Å². The van der Waals surface area contributed by atoms with Crippen molar-refractivity contribution < 1.29 is 41.8 Å². The monoisotopic (exact) mass is 457 g/mol. The maximum Gasteiger partial charge on any atom is 0.490 e. The Morgan fingerprint density at radius 3 is 2.66 bits per heavy atom. The van der Waals surface area contributed by atoms with Crippen molar-refractivity contribution >= 4 is 17.6 Å². The van der Waals surface area contributed by atoms with Gasteiger partial charge in [0.2, 0.25) is 0 Å². The first kappa shape index (κ1) is 23.7. The molecule has 1 atom stereocenters. The number of aromatic nitrogens is 1. The van der Waals surface area contributed by atoms with E-state index in [-0.39, 0.29) is 12.5 Å². The number of carbonyl (C=O) groups is 2. The summed E-state index contributed by atoms with van der Waals surface area (Å²) in [5.41, 5.74) is 1.22. The molecule has 2 aliphatic rings. The quantitative estimate of drug-likeness (QED) is 0.746. The Hall–Kier alpha value is -2.96. The van der Waals surface area contributed by atoms with E-state index >= 15 is 0 Å². The molecule has 0 aromatic carbocycles. The fourth-order valence-corrected chi connectivity index (χ4v) is 3.38. The van der Waals surface area contributed by atoms with Gasteiger partial charge in [-0.15, -0.1) is 0 Å². The SMILES string of the molecule is O=C(O)C(F)(F)F.O=C1COC2(COCCN(Cc3ccccn3)C2)CN1c1ccoc1. The zero-order valence-corrected chi connectivity index (χ0v) is 17.0. The topological polar surface area (TPSA) is 105 Å². The maximum absolute atomic E-state index is 12.3. The molecule has 174 valence electrons. The number of hydrogen-bond acceptors (Lipinski definition) is 7. The van der Waals surface area contributed by atoms with E-state index < -0.39 is 17.7 Å². The molecule has 32 heavy (non-hydrogen) atoms. The second-order valence-electron chi connectivity index (χ2n) is 7.32. The predicted octanol–water partition coefficient (Wildman–Crippen LogP) is 1.94. The number of rotatable bonds is 3. The number of furan rings is 1. The number of morpholine rings is 1. The first-order valence-electron chi connectivity index (χ1n) is 9.65. The number of nitrogens with zero attached hydrogens (tertiary/aromatic N) is 3. The van der Waals surface area contributed by atoms with Crippen LogP contribution in [0.1, 0.15) is 5.69 Å². The number of amides is 1. The molecule has 1 spiro atoms. The molecule has 1 amide bonds. The molecule has 2 aliphatic heterocycles. The normalized spacial score (nSPS) is 22.2. The minimum absolute atomic E-state index is 0.0476. The van der Waals surface area contributed by atoms with Crippen LogP contribution in [0.5, 0.6) is 0 Å². The Labute approximate surface area is 181 Å². The lowest BCUT2D eigenvalue weighted by Crippen LogP contribution is -2.60. The molecule has 1 N–H and O–H groups in total. The third-order valence-electron chi connectivity index (χ3n) is 4.85. The van der Waals surface area contributed by atoms with E-state index in [1.807, 2.05) is 18.2 Å². The molecule has 2 saturated heterocycles. The lowest BCUT2D eigenvalue weighted by atomic mass is 10.0. The predicted molar refractivity (Wildman–Crippen MR) is 104 cm³/mol. The number of halogens is 3. The van der Waals surface area contributed by atoms with Crippen LogP contribution in [-0.2, 0) is 25.6 Å². The summed E-state index contributed by atoms with van der Waals surface area (Å²) >= 11 is 0. The molecule has 0 aliphatic carbocycles. The molecular formula is C20H22F3N3O6. The lowest BCUT2D eigenvalue weighted by molar-refractivity contribution is -0.192. The van der Waals surface area contributed by atoms with E-state index in [4.69, 9.17) is 23.8 Å². The van der Waals surface area contributed by atoms with Gasteiger partial charge in [0.1, 0.15) is 18.5 Å². The minimum atomic E-state index is -5.08. The van der Waals surface area contributed by atoms with Crippen molar-refractivity contribution in [3.05, 3.63) is 48.7 Å². The van der Waals surface area contributed by atoms with Crippen molar-refractivity contribution in [3.63, 3.8) is 0 Å². The largest absolute Gasteiger partial charge is 0.490 e. The highest BCUT2D eigenvalue weighted by Crippen LogP contribution is 2.27. The molecule has 12 heteroatoms. The second-order valence-corrected chi connectivity index (χ2v) is 7.32. The van der Waals surface area contributed by atoms with Gasteiger partial charge in [0, 0.05) is 31.9 Å². The van der Waals surface area contributed by atoms with Crippen molar-refractivity contribution in [2.75, 3.05) is 44.4 Å². The van der Waals surface area contributed by atoms with Gasteiger partial charge in [-0.2, -0.15) is 13.2 Å². The fraction of sp³-hybridized carbons (Fsp3) is 0.450. The van der Waals surface area contributed by atoms with Gasteiger partial charge in [-0.1, -0.05) is 6.07 Å². The van der Waals surface area contributed by atoms with E-state index in [0.717, 1.165) is 24.5 Å². The Morgan fingerprint density at radius 2 is 2.03 bits per heavy atom. The van der Waals surface area contributed by atoms with Gasteiger partial charge in [-0.05, 0) is 12.1 Å². The molecule has 4 heterocycles. The summed E-state index contributed by atoms with van der Waals surface area (Å²) in [6, 6.07) is 7.71. The number of alkyl halides is 3. The van der Waals surface area contributed by atoms with Crippen LogP contribution in [0.15, 0.2) is 47.4 Å². The third kappa shape index (κ3) is 6.28. The zero-order valence-electron chi connectivity index (χ0n) is 17.0. The maximum atomic E-state index is 12.3. The Kier molecular flexibility index (Phi) is 7.48. The van der Waals surface area contributed by atoms with E-state index in [1.165, 1.54) is 0 Å². The molecule has 4 rings (SSSR count). The average Bonchev–Trinajstić information content (AvgIpc) is 3.21. The van der Waals surface area contributed by atoms with E-state index in [0.29, 0.717) is 26.3 Å². The van der Waals surface area contributed by atoms with E-state index in [9.17, 15) is 18.0 Å². The summed E-state index contributed by atoms with van der Waals surface area (Å²) in [7, 11) is 0. The van der Waals surface area contributed by atoms with Crippen LogP contribution in [0.3, 0.4) is 0 Å². The van der Waals surface area contributed by atoms with Crippen LogP contribution in [0.2, 0.25) is 0 Å². The van der Waals surface area contributed by atoms with Crippen LogP contribution in [0.25, 0.3) is 0 Å². The number of carboxylic acid groups (broad SMARTS) is 1. The summed E-state index contributed by atoms with van der Waals surface area (Å²) in [6.07, 6.45) is -0.127. The minimum Gasteiger partial charge on any atom is -0.475 e. The second kappa shape index (κ2) is 10.1. The van der Waals surface area contributed by atoms with Crippen molar-refractivity contribution in [1.82, 2.24) is 9.88 Å². The van der Waals surface area contributed by atoms with E-state index in [2.05, 4.69) is 9.88 Å². The molecular weight excluding hydrogens is 435 g/mol. The number of carbonyl (C=O) groups excluding carboxylic acids is 1. The first-order valence-corrected chi connectivity index (χ1v) is 9.65. The van der Waals surface area contributed by atoms with Crippen molar-refractivity contribution in [2.24, 2.45) is 0 Å². The standard InChI is InChI=1S/C18H21N3O4.C2HF3O2/c22-17-11-25-18(13-21(17)16-4-7-23-10-16)12-20(6-8-24-14-18)9-15-3-1-2-5-19-15;3-2(4,5)1(6)7/h1-5,7,10H,6,8-9,11-14H2;(H,6,7). The first-order chi connectivity index (χ1) is 15.2. The van der Waals surface area contributed by atoms with Crippen LogP contribution >= 0.6 is 0 Å². The number of ether oxygens (including phenoxy) is 2. The van der Waals surface area contributed by atoms with Gasteiger partial charge in [0.05, 0.1) is 37.4 Å². The molecule has 2 fully saturated rings. The van der Waals surface area contributed by atoms with Gasteiger partial charge in [0.25, 0.3) is 5.91 Å². The highest BCUT2D eigenvalue weighted by atomic mass is 19.4. The molecule has 0 radical (unpaired) electrons. The molecule has 2 aromatic heterocycles. The van der Waals surface area contributed by atoms with Crippen LogP contribution in [0.4, 0.5) is 18.9 Å². The molecule has 1 unspecified atom stereocenters. The lowest BCUT2D eigenvalue weighted by Gasteiger charge is -2.42. The Balaban J connectivity index is 0.000000360. The van der Waals surface area contributed by atoms with Gasteiger partial charge >= 0.3 is 12.1 Å². The van der Waals surface area contributed by atoms with Gasteiger partial charge in [0.15, 0.2) is 0 Å². The zero-order chi connectivity index (χ0) is 23.2. The van der Waals surface area contributed by atoms with Crippen LogP contribution in [0, 0.1) is 0 Å². The van der Waals surface area contributed by atoms with Crippen molar-refractivity contribution in [3.8, 4) is 0 Å². The summed E-state index contributed by atoms with van der Waals surface area (Å²) in [5.74, 6) is -2.82. The number of anilines is 1. The third-order valence-corrected chi connectivity index (χ3v) is 4.85. The number of pyridine rings is 1. The number of aliphatic carboxylic acids is 1. The molecule has 2 aromatic rings. The number of carboxylic acids is 1. The fourth-order valence-electron chi connectivity index (χ4n) is 3.38. The van der Waals surface area contributed by atoms with Crippen LogP contribution in [-0.4, -0.2) is 78.1 Å².